The van der Waals surface area contributed by atoms with Crippen LogP contribution in [-0.4, -0.2) is 39.8 Å². The summed E-state index contributed by atoms with van der Waals surface area (Å²) in [6.45, 7) is 8.35. The van der Waals surface area contributed by atoms with Gasteiger partial charge in [0.05, 0.1) is 10.6 Å². The third-order valence-electron chi connectivity index (χ3n) is 3.64. The van der Waals surface area contributed by atoms with Gasteiger partial charge in [0.15, 0.2) is 15.8 Å². The van der Waals surface area contributed by atoms with Gasteiger partial charge in [-0.05, 0) is 29.5 Å². The lowest BCUT2D eigenvalue weighted by molar-refractivity contribution is 0.585. The molecule has 5 nitrogen and oxygen atoms in total. The van der Waals surface area contributed by atoms with Crippen LogP contribution in [0.5, 0.6) is 0 Å². The second kappa shape index (κ2) is 8.32. The predicted octanol–water partition coefficient (Wildman–Crippen LogP) is 2.31. The fraction of sp³-hybridized carbons (Fsp3) is 0.562. The Hall–Kier alpha value is -0.830. The molecule has 1 aliphatic rings. The molecule has 0 radical (unpaired) electrons. The average Bonchev–Trinajstić information content (AvgIpc) is 2.47. The molecule has 130 valence electrons. The quantitative estimate of drug-likeness (QED) is 0.690. The molecule has 0 unspecified atom stereocenters. The molecule has 1 aromatic carbocycles. The van der Waals surface area contributed by atoms with Crippen molar-refractivity contribution >= 4 is 39.8 Å². The topological polar surface area (TPSA) is 70.6 Å². The minimum absolute atomic E-state index is 0. The molecule has 0 amide bonds. The number of benzene rings is 1. The molecule has 0 bridgehead atoms. The van der Waals surface area contributed by atoms with Crippen molar-refractivity contribution in [3.8, 4) is 0 Å². The van der Waals surface area contributed by atoms with Gasteiger partial charge in [-0.25, -0.2) is 8.42 Å². The summed E-state index contributed by atoms with van der Waals surface area (Å²) in [6.07, 6.45) is 1.02. The van der Waals surface area contributed by atoms with Gasteiger partial charge in [0, 0.05) is 19.6 Å². The van der Waals surface area contributed by atoms with E-state index in [4.69, 9.17) is 0 Å². The number of nitrogens with one attached hydrogen (secondary N) is 2. The monoisotopic (exact) mass is 451 g/mol. The minimum atomic E-state index is -3.27. The van der Waals surface area contributed by atoms with Crippen LogP contribution in [0.2, 0.25) is 0 Å². The fourth-order valence-electron chi connectivity index (χ4n) is 2.23. The third-order valence-corrected chi connectivity index (χ3v) is 5.37. The van der Waals surface area contributed by atoms with Crippen molar-refractivity contribution < 1.29 is 8.42 Å². The van der Waals surface area contributed by atoms with Gasteiger partial charge in [-0.2, -0.15) is 0 Å². The van der Waals surface area contributed by atoms with Crippen molar-refractivity contribution in [3.63, 3.8) is 0 Å². The van der Waals surface area contributed by atoms with Crippen molar-refractivity contribution in [1.29, 1.82) is 0 Å². The Labute approximate surface area is 156 Å². The summed E-state index contributed by atoms with van der Waals surface area (Å²) in [5, 5.41) is 6.16. The van der Waals surface area contributed by atoms with Gasteiger partial charge in [0.1, 0.15) is 0 Å². The number of sulfone groups is 1. The smallest absolute Gasteiger partial charge is 0.191 e. The van der Waals surface area contributed by atoms with Crippen LogP contribution in [-0.2, 0) is 15.3 Å². The van der Waals surface area contributed by atoms with Crippen LogP contribution in [0.1, 0.15) is 32.8 Å². The van der Waals surface area contributed by atoms with E-state index in [2.05, 4.69) is 36.4 Å². The molecule has 2 N–H and O–H groups in total. The summed E-state index contributed by atoms with van der Waals surface area (Å²) in [6, 6.07) is 7.19. The van der Waals surface area contributed by atoms with Crippen LogP contribution in [0, 0.1) is 0 Å². The number of guanidine groups is 1. The molecule has 1 aliphatic heterocycles. The number of hydrogen-bond donors (Lipinski definition) is 2. The number of hydrogen-bond acceptors (Lipinski definition) is 5. The first-order chi connectivity index (χ1) is 10.3. The minimum Gasteiger partial charge on any atom is -0.356 e. The summed E-state index contributed by atoms with van der Waals surface area (Å²) in [5.41, 5.74) is 1.15. The van der Waals surface area contributed by atoms with E-state index in [1.54, 1.807) is 12.1 Å². The van der Waals surface area contributed by atoms with Gasteiger partial charge in [-0.3, -0.25) is 4.99 Å². The lowest BCUT2D eigenvalue weighted by atomic mass is 9.87. The summed E-state index contributed by atoms with van der Waals surface area (Å²) >= 11 is 0. The largest absolute Gasteiger partial charge is 0.356 e. The van der Waals surface area contributed by atoms with Gasteiger partial charge in [-0.1, -0.05) is 32.9 Å². The zero-order valence-electron chi connectivity index (χ0n) is 13.9. The Morgan fingerprint density at radius 2 is 1.87 bits per heavy atom. The Morgan fingerprint density at radius 3 is 2.39 bits per heavy atom. The Balaban J connectivity index is 0.00000264. The number of halogens is 1. The standard InChI is InChI=1S/C16H25N3O2S.HI/c1-16(2,3)13-5-7-14(8-6-13)22(20,21)12-11-19-15-17-9-4-10-18-15;/h5-8H,4,9-12H2,1-3H3,(H2,17,18,19);1H. The van der Waals surface area contributed by atoms with Gasteiger partial charge in [-0.15, -0.1) is 24.0 Å². The van der Waals surface area contributed by atoms with E-state index < -0.39 is 9.84 Å². The number of aliphatic imine (C=N–C) groups is 1. The van der Waals surface area contributed by atoms with Gasteiger partial charge >= 0.3 is 0 Å². The van der Waals surface area contributed by atoms with Gasteiger partial charge < -0.3 is 10.6 Å². The van der Waals surface area contributed by atoms with Crippen molar-refractivity contribution in [2.24, 2.45) is 4.99 Å². The molecule has 0 aromatic heterocycles. The van der Waals surface area contributed by atoms with Crippen molar-refractivity contribution in [2.75, 3.05) is 25.4 Å². The highest BCUT2D eigenvalue weighted by molar-refractivity contribution is 14.0. The van der Waals surface area contributed by atoms with Crippen LogP contribution < -0.4 is 10.6 Å². The first-order valence-electron chi connectivity index (χ1n) is 7.64. The van der Waals surface area contributed by atoms with E-state index in [0.717, 1.165) is 25.1 Å². The molecule has 2 rings (SSSR count). The SMILES string of the molecule is CC(C)(C)c1ccc(S(=O)(=O)CCNC2=NCCCN2)cc1.I. The van der Waals surface area contributed by atoms with Crippen molar-refractivity contribution in [2.45, 2.75) is 37.5 Å². The maximum Gasteiger partial charge on any atom is 0.191 e. The van der Waals surface area contributed by atoms with Crippen LogP contribution in [0.4, 0.5) is 0 Å². The second-order valence-corrected chi connectivity index (χ2v) is 8.64. The molecule has 23 heavy (non-hydrogen) atoms. The van der Waals surface area contributed by atoms with E-state index in [9.17, 15) is 8.42 Å². The molecule has 0 aliphatic carbocycles. The highest BCUT2D eigenvalue weighted by atomic mass is 127. The van der Waals surface area contributed by atoms with Crippen molar-refractivity contribution in [3.05, 3.63) is 29.8 Å². The van der Waals surface area contributed by atoms with E-state index in [0.29, 0.717) is 17.4 Å². The molecule has 1 heterocycles. The summed E-state index contributed by atoms with van der Waals surface area (Å²) in [7, 11) is -3.27. The predicted molar refractivity (Wildman–Crippen MR) is 106 cm³/mol. The maximum atomic E-state index is 12.3. The molecule has 0 fully saturated rings. The molecule has 1 aromatic rings. The normalized spacial score (nSPS) is 15.2. The van der Waals surface area contributed by atoms with E-state index in [-0.39, 0.29) is 35.1 Å². The van der Waals surface area contributed by atoms with Crippen LogP contribution in [0.3, 0.4) is 0 Å². The number of rotatable bonds is 4. The highest BCUT2D eigenvalue weighted by Gasteiger charge is 2.17. The molecule has 0 spiro atoms. The fourth-order valence-corrected chi connectivity index (χ4v) is 3.39. The van der Waals surface area contributed by atoms with Crippen LogP contribution >= 0.6 is 24.0 Å². The lowest BCUT2D eigenvalue weighted by Crippen LogP contribution is -2.42. The van der Waals surface area contributed by atoms with Crippen LogP contribution in [0.25, 0.3) is 0 Å². The molecule has 7 heteroatoms. The molecule has 0 atom stereocenters. The van der Waals surface area contributed by atoms with E-state index in [1.807, 2.05) is 12.1 Å². The first-order valence-corrected chi connectivity index (χ1v) is 9.30. The Bertz CT molecular complexity index is 634. The number of nitrogens with zero attached hydrogens (tertiary/aromatic N) is 1. The average molecular weight is 451 g/mol. The van der Waals surface area contributed by atoms with E-state index >= 15 is 0 Å². The Kier molecular flexibility index (Phi) is 7.31. The second-order valence-electron chi connectivity index (χ2n) is 6.53. The highest BCUT2D eigenvalue weighted by Crippen LogP contribution is 2.23. The zero-order chi connectivity index (χ0) is 16.2. The zero-order valence-corrected chi connectivity index (χ0v) is 17.1. The summed E-state index contributed by atoms with van der Waals surface area (Å²) in [4.78, 5) is 4.64. The first kappa shape index (κ1) is 20.2. The summed E-state index contributed by atoms with van der Waals surface area (Å²) < 4.78 is 24.7. The lowest BCUT2D eigenvalue weighted by Gasteiger charge is -2.19. The molecule has 0 saturated heterocycles. The van der Waals surface area contributed by atoms with Gasteiger partial charge in [0.2, 0.25) is 0 Å². The van der Waals surface area contributed by atoms with E-state index in [1.165, 1.54) is 0 Å². The Morgan fingerprint density at radius 1 is 1.22 bits per heavy atom. The third kappa shape index (κ3) is 5.95. The van der Waals surface area contributed by atoms with Crippen molar-refractivity contribution in [1.82, 2.24) is 10.6 Å². The summed E-state index contributed by atoms with van der Waals surface area (Å²) in [5.74, 6) is 0.757. The van der Waals surface area contributed by atoms with Gasteiger partial charge in [0.25, 0.3) is 0 Å². The van der Waals surface area contributed by atoms with Crippen LogP contribution in [0.15, 0.2) is 34.2 Å². The molecular weight excluding hydrogens is 425 g/mol. The maximum absolute atomic E-state index is 12.3. The molecular formula is C16H26IN3O2S. The molecule has 0 saturated carbocycles.